The third kappa shape index (κ3) is 3.10. The molecule has 0 aliphatic heterocycles. The zero-order chi connectivity index (χ0) is 13.1. The summed E-state index contributed by atoms with van der Waals surface area (Å²) in [6.45, 7) is 1.13. The molecule has 1 aromatic heterocycles. The molecule has 0 atom stereocenters. The van der Waals surface area contributed by atoms with Gasteiger partial charge < -0.3 is 9.88 Å². The predicted octanol–water partition coefficient (Wildman–Crippen LogP) is 3.26. The van der Waals surface area contributed by atoms with Crippen LogP contribution in [0.2, 0.25) is 5.15 Å². The van der Waals surface area contributed by atoms with Crippen LogP contribution in [0.1, 0.15) is 11.4 Å². The highest BCUT2D eigenvalue weighted by molar-refractivity contribution is 9.10. The van der Waals surface area contributed by atoms with Gasteiger partial charge in [-0.25, -0.2) is 9.37 Å². The van der Waals surface area contributed by atoms with Crippen LogP contribution in [0.15, 0.2) is 28.9 Å². The van der Waals surface area contributed by atoms with E-state index in [9.17, 15) is 4.39 Å². The van der Waals surface area contributed by atoms with Crippen LogP contribution >= 0.6 is 27.5 Å². The summed E-state index contributed by atoms with van der Waals surface area (Å²) in [4.78, 5) is 4.17. The smallest absolute Gasteiger partial charge is 0.128 e. The van der Waals surface area contributed by atoms with E-state index in [-0.39, 0.29) is 5.82 Å². The van der Waals surface area contributed by atoms with Crippen molar-refractivity contribution in [1.82, 2.24) is 14.9 Å². The average Bonchev–Trinajstić information content (AvgIpc) is 2.65. The first-order valence-electron chi connectivity index (χ1n) is 5.38. The second kappa shape index (κ2) is 5.82. The molecule has 0 fully saturated rings. The summed E-state index contributed by atoms with van der Waals surface area (Å²) in [6, 6.07) is 4.62. The number of halogens is 3. The Morgan fingerprint density at radius 1 is 1.44 bits per heavy atom. The van der Waals surface area contributed by atoms with Crippen LogP contribution in [0.4, 0.5) is 4.39 Å². The fraction of sp³-hybridized carbons (Fsp3) is 0.250. The molecule has 0 unspecified atom stereocenters. The number of nitrogens with zero attached hydrogens (tertiary/aromatic N) is 2. The molecule has 2 rings (SSSR count). The van der Waals surface area contributed by atoms with Crippen molar-refractivity contribution < 1.29 is 4.39 Å². The monoisotopic (exact) mass is 331 g/mol. The molecule has 0 radical (unpaired) electrons. The second-order valence-electron chi connectivity index (χ2n) is 3.90. The van der Waals surface area contributed by atoms with E-state index in [2.05, 4.69) is 26.2 Å². The first-order chi connectivity index (χ1) is 8.58. The Labute approximate surface area is 118 Å². The zero-order valence-corrected chi connectivity index (χ0v) is 12.1. The fourth-order valence-electron chi connectivity index (χ4n) is 1.58. The number of imidazole rings is 1. The summed E-state index contributed by atoms with van der Waals surface area (Å²) in [7, 11) is 1.85. The van der Waals surface area contributed by atoms with Gasteiger partial charge in [-0.05, 0) is 23.8 Å². The van der Waals surface area contributed by atoms with Gasteiger partial charge in [0.15, 0.2) is 0 Å². The molecule has 0 spiro atoms. The Morgan fingerprint density at radius 2 is 2.22 bits per heavy atom. The van der Waals surface area contributed by atoms with Crippen LogP contribution in [0.5, 0.6) is 0 Å². The minimum atomic E-state index is -0.241. The Morgan fingerprint density at radius 3 is 2.89 bits per heavy atom. The highest BCUT2D eigenvalue weighted by Crippen LogP contribution is 2.17. The van der Waals surface area contributed by atoms with E-state index in [1.807, 2.05) is 7.05 Å². The summed E-state index contributed by atoms with van der Waals surface area (Å²) in [5.74, 6) is 0.600. The lowest BCUT2D eigenvalue weighted by atomic mass is 10.2. The normalized spacial score (nSPS) is 10.9. The van der Waals surface area contributed by atoms with Crippen LogP contribution in [0.3, 0.4) is 0 Å². The molecule has 2 aromatic rings. The lowest BCUT2D eigenvalue weighted by Crippen LogP contribution is -2.16. The van der Waals surface area contributed by atoms with Crippen LogP contribution in [0, 0.1) is 5.82 Å². The fourth-order valence-corrected chi connectivity index (χ4v) is 2.11. The molecule has 6 heteroatoms. The van der Waals surface area contributed by atoms with Gasteiger partial charge in [-0.2, -0.15) is 0 Å². The van der Waals surface area contributed by atoms with Crippen molar-refractivity contribution in [2.75, 3.05) is 0 Å². The number of aromatic nitrogens is 2. The predicted molar refractivity (Wildman–Crippen MR) is 72.9 cm³/mol. The molecule has 1 aromatic carbocycles. The van der Waals surface area contributed by atoms with Crippen molar-refractivity contribution in [2.24, 2.45) is 7.05 Å². The van der Waals surface area contributed by atoms with Gasteiger partial charge in [-0.1, -0.05) is 27.5 Å². The Hall–Kier alpha value is -0.910. The minimum absolute atomic E-state index is 0.241. The van der Waals surface area contributed by atoms with Crippen LogP contribution < -0.4 is 5.32 Å². The van der Waals surface area contributed by atoms with Crippen molar-refractivity contribution >= 4 is 27.5 Å². The number of benzene rings is 1. The summed E-state index contributed by atoms with van der Waals surface area (Å²) in [6.07, 6.45) is 1.61. The van der Waals surface area contributed by atoms with E-state index < -0.39 is 0 Å². The van der Waals surface area contributed by atoms with Crippen molar-refractivity contribution in [2.45, 2.75) is 13.1 Å². The molecule has 96 valence electrons. The quantitative estimate of drug-likeness (QED) is 0.931. The van der Waals surface area contributed by atoms with Crippen molar-refractivity contribution in [1.29, 1.82) is 0 Å². The molecular formula is C12H12BrClFN3. The average molecular weight is 333 g/mol. The zero-order valence-electron chi connectivity index (χ0n) is 9.75. The first-order valence-corrected chi connectivity index (χ1v) is 6.56. The lowest BCUT2D eigenvalue weighted by Gasteiger charge is -2.07. The number of hydrogen-bond donors (Lipinski definition) is 1. The van der Waals surface area contributed by atoms with Crippen LogP contribution in [0.25, 0.3) is 0 Å². The summed E-state index contributed by atoms with van der Waals surface area (Å²) >= 11 is 9.27. The lowest BCUT2D eigenvalue weighted by molar-refractivity contribution is 0.612. The maximum absolute atomic E-state index is 13.1. The molecule has 0 amide bonds. The molecule has 1 N–H and O–H groups in total. The van der Waals surface area contributed by atoms with Crippen LogP contribution in [-0.4, -0.2) is 9.55 Å². The van der Waals surface area contributed by atoms with Crippen molar-refractivity contribution in [3.05, 3.63) is 51.2 Å². The molecule has 0 aliphatic rings. The highest BCUT2D eigenvalue weighted by Gasteiger charge is 2.05. The summed E-state index contributed by atoms with van der Waals surface area (Å²) < 4.78 is 15.8. The molecule has 3 nitrogen and oxygen atoms in total. The molecule has 18 heavy (non-hydrogen) atoms. The number of hydrogen-bond acceptors (Lipinski definition) is 2. The van der Waals surface area contributed by atoms with E-state index in [0.717, 1.165) is 15.9 Å². The molecule has 0 saturated carbocycles. The van der Waals surface area contributed by atoms with Gasteiger partial charge in [-0.15, -0.1) is 0 Å². The Bertz CT molecular complexity index is 556. The molecule has 0 bridgehead atoms. The van der Waals surface area contributed by atoms with E-state index >= 15 is 0 Å². The van der Waals surface area contributed by atoms with Gasteiger partial charge in [0.25, 0.3) is 0 Å². The maximum Gasteiger partial charge on any atom is 0.128 e. The molecule has 0 saturated heterocycles. The SMILES string of the molecule is Cn1c(Cl)cnc1CNCc1cc(F)ccc1Br. The van der Waals surface area contributed by atoms with Crippen LogP contribution in [-0.2, 0) is 20.1 Å². The third-order valence-corrected chi connectivity index (χ3v) is 3.76. The van der Waals surface area contributed by atoms with E-state index in [1.54, 1.807) is 16.8 Å². The van der Waals surface area contributed by atoms with Gasteiger partial charge in [0.1, 0.15) is 16.8 Å². The second-order valence-corrected chi connectivity index (χ2v) is 5.14. The minimum Gasteiger partial charge on any atom is -0.321 e. The maximum atomic E-state index is 13.1. The van der Waals surface area contributed by atoms with E-state index in [4.69, 9.17) is 11.6 Å². The molecule has 1 heterocycles. The van der Waals surface area contributed by atoms with Gasteiger partial charge in [0.05, 0.1) is 12.7 Å². The summed E-state index contributed by atoms with van der Waals surface area (Å²) in [5.41, 5.74) is 0.871. The standard InChI is InChI=1S/C12H12BrClFN3/c1-18-11(14)6-17-12(18)7-16-5-8-4-9(15)2-3-10(8)13/h2-4,6,16H,5,7H2,1H3. The van der Waals surface area contributed by atoms with Gasteiger partial charge in [0.2, 0.25) is 0 Å². The number of rotatable bonds is 4. The third-order valence-electron chi connectivity index (χ3n) is 2.63. The highest BCUT2D eigenvalue weighted by atomic mass is 79.9. The summed E-state index contributed by atoms with van der Waals surface area (Å²) in [5, 5.41) is 3.80. The van der Waals surface area contributed by atoms with E-state index in [0.29, 0.717) is 18.2 Å². The molecule has 0 aliphatic carbocycles. The van der Waals surface area contributed by atoms with Crippen molar-refractivity contribution in [3.63, 3.8) is 0 Å². The van der Waals surface area contributed by atoms with Gasteiger partial charge in [0, 0.05) is 18.1 Å². The number of nitrogens with one attached hydrogen (secondary N) is 1. The van der Waals surface area contributed by atoms with E-state index in [1.165, 1.54) is 12.1 Å². The Kier molecular flexibility index (Phi) is 4.37. The van der Waals surface area contributed by atoms with Gasteiger partial charge in [-0.3, -0.25) is 0 Å². The van der Waals surface area contributed by atoms with Crippen molar-refractivity contribution in [3.8, 4) is 0 Å². The largest absolute Gasteiger partial charge is 0.321 e. The molecular weight excluding hydrogens is 321 g/mol. The topological polar surface area (TPSA) is 29.9 Å². The van der Waals surface area contributed by atoms with Gasteiger partial charge >= 0.3 is 0 Å². The first kappa shape index (κ1) is 13.5. The Balaban J connectivity index is 1.96.